The van der Waals surface area contributed by atoms with E-state index < -0.39 is 6.04 Å². The van der Waals surface area contributed by atoms with Gasteiger partial charge in [0.2, 0.25) is 5.91 Å². The first-order chi connectivity index (χ1) is 13.5. The molecule has 1 atom stereocenters. The number of H-pyrrole nitrogens is 1. The van der Waals surface area contributed by atoms with E-state index in [4.69, 9.17) is 4.74 Å². The summed E-state index contributed by atoms with van der Waals surface area (Å²) in [6.45, 7) is 4.22. The molecule has 6 nitrogen and oxygen atoms in total. The number of aromatic nitrogens is 1. The molecule has 2 N–H and O–H groups in total. The Hall–Kier alpha value is -3.28. The number of methoxy groups -OCH3 is 1. The number of fused-ring (bicyclic) bond motifs is 1. The average Bonchev–Trinajstić information content (AvgIpc) is 3.15. The van der Waals surface area contributed by atoms with Crippen molar-refractivity contribution in [2.45, 2.75) is 26.3 Å². The van der Waals surface area contributed by atoms with Crippen LogP contribution in [0, 0.1) is 0 Å². The Morgan fingerprint density at radius 1 is 1.14 bits per heavy atom. The highest BCUT2D eigenvalue weighted by Crippen LogP contribution is 2.22. The second-order valence-electron chi connectivity index (χ2n) is 6.67. The molecule has 2 amide bonds. The van der Waals surface area contributed by atoms with Gasteiger partial charge in [-0.25, -0.2) is 0 Å². The fourth-order valence-electron chi connectivity index (χ4n) is 3.12. The van der Waals surface area contributed by atoms with Gasteiger partial charge in [-0.2, -0.15) is 0 Å². The largest absolute Gasteiger partial charge is 0.497 e. The Bertz CT molecular complexity index is 966. The van der Waals surface area contributed by atoms with Gasteiger partial charge in [0.15, 0.2) is 0 Å². The van der Waals surface area contributed by atoms with Crippen molar-refractivity contribution in [3.63, 3.8) is 0 Å². The molecule has 2 aromatic carbocycles. The number of nitrogens with zero attached hydrogens (tertiary/aromatic N) is 1. The number of rotatable bonds is 7. The molecule has 3 rings (SSSR count). The number of amides is 2. The number of para-hydroxylation sites is 1. The first-order valence-corrected chi connectivity index (χ1v) is 9.37. The van der Waals surface area contributed by atoms with Crippen LogP contribution in [0.2, 0.25) is 0 Å². The molecule has 0 aliphatic heterocycles. The van der Waals surface area contributed by atoms with E-state index in [-0.39, 0.29) is 11.8 Å². The Morgan fingerprint density at radius 2 is 1.89 bits per heavy atom. The predicted molar refractivity (Wildman–Crippen MR) is 111 cm³/mol. The molecule has 0 radical (unpaired) electrons. The quantitative estimate of drug-likeness (QED) is 0.650. The summed E-state index contributed by atoms with van der Waals surface area (Å²) in [5.74, 6) is 0.299. The van der Waals surface area contributed by atoms with E-state index in [2.05, 4.69) is 10.3 Å². The fraction of sp³-hybridized carbons (Fsp3) is 0.273. The molecule has 0 saturated heterocycles. The topological polar surface area (TPSA) is 74.4 Å². The summed E-state index contributed by atoms with van der Waals surface area (Å²) in [7, 11) is 1.60. The van der Waals surface area contributed by atoms with Crippen LogP contribution in [0.3, 0.4) is 0 Å². The van der Waals surface area contributed by atoms with Gasteiger partial charge in [-0.3, -0.25) is 9.59 Å². The molecule has 146 valence electrons. The van der Waals surface area contributed by atoms with Crippen LogP contribution in [0.4, 0.5) is 5.69 Å². The van der Waals surface area contributed by atoms with Gasteiger partial charge in [0.05, 0.1) is 7.11 Å². The zero-order chi connectivity index (χ0) is 20.1. The number of hydrogen-bond acceptors (Lipinski definition) is 3. The first kappa shape index (κ1) is 19.5. The lowest BCUT2D eigenvalue weighted by Gasteiger charge is -2.27. The van der Waals surface area contributed by atoms with Crippen LogP contribution in [0.5, 0.6) is 5.75 Å². The third-order valence-electron chi connectivity index (χ3n) is 4.67. The van der Waals surface area contributed by atoms with Crippen LogP contribution in [0.15, 0.2) is 54.6 Å². The predicted octanol–water partition coefficient (Wildman–Crippen LogP) is 4.06. The molecule has 0 fully saturated rings. The molecule has 1 aromatic heterocycles. The molecule has 0 spiro atoms. The lowest BCUT2D eigenvalue weighted by Crippen LogP contribution is -2.46. The highest BCUT2D eigenvalue weighted by Gasteiger charge is 2.27. The summed E-state index contributed by atoms with van der Waals surface area (Å²) >= 11 is 0. The second kappa shape index (κ2) is 8.61. The molecule has 28 heavy (non-hydrogen) atoms. The van der Waals surface area contributed by atoms with Crippen molar-refractivity contribution in [3.05, 3.63) is 60.3 Å². The minimum absolute atomic E-state index is 0.201. The molecule has 0 aliphatic carbocycles. The van der Waals surface area contributed by atoms with Crippen molar-refractivity contribution in [3.8, 4) is 5.75 Å². The van der Waals surface area contributed by atoms with Gasteiger partial charge in [0.25, 0.3) is 5.91 Å². The van der Waals surface area contributed by atoms with E-state index in [9.17, 15) is 9.59 Å². The Labute approximate surface area is 164 Å². The number of anilines is 1. The maximum Gasteiger partial charge on any atom is 0.270 e. The number of nitrogens with one attached hydrogen (secondary N) is 2. The van der Waals surface area contributed by atoms with Crippen LogP contribution >= 0.6 is 0 Å². The first-order valence-electron chi connectivity index (χ1n) is 9.37. The smallest absolute Gasteiger partial charge is 0.270 e. The molecule has 1 unspecified atom stereocenters. The average molecular weight is 379 g/mol. The highest BCUT2D eigenvalue weighted by atomic mass is 16.5. The van der Waals surface area contributed by atoms with Crippen molar-refractivity contribution in [1.82, 2.24) is 9.88 Å². The number of ether oxygens (including phenoxy) is 1. The standard InChI is InChI=1S/C22H25N3O3/c1-4-12-25(15(2)21(26)23-17-8-6-5-7-9-17)22(27)20-13-16-10-11-18(28-3)14-19(16)24-20/h5-11,13-15,24H,4,12H2,1-3H3,(H,23,26). The highest BCUT2D eigenvalue weighted by molar-refractivity contribution is 6.02. The lowest BCUT2D eigenvalue weighted by molar-refractivity contribution is -0.120. The monoisotopic (exact) mass is 379 g/mol. The molecule has 0 saturated carbocycles. The zero-order valence-electron chi connectivity index (χ0n) is 16.4. The van der Waals surface area contributed by atoms with E-state index in [1.165, 1.54) is 0 Å². The minimum atomic E-state index is -0.603. The van der Waals surface area contributed by atoms with Crippen molar-refractivity contribution in [2.75, 3.05) is 19.0 Å². The number of carbonyl (C=O) groups excluding carboxylic acids is 2. The van der Waals surface area contributed by atoms with Gasteiger partial charge >= 0.3 is 0 Å². The maximum absolute atomic E-state index is 13.1. The number of aromatic amines is 1. The van der Waals surface area contributed by atoms with E-state index >= 15 is 0 Å². The number of hydrogen-bond donors (Lipinski definition) is 2. The summed E-state index contributed by atoms with van der Waals surface area (Å²) in [4.78, 5) is 30.6. The summed E-state index contributed by atoms with van der Waals surface area (Å²) < 4.78 is 5.24. The normalized spacial score (nSPS) is 11.8. The van der Waals surface area contributed by atoms with Gasteiger partial charge in [0.1, 0.15) is 17.5 Å². The van der Waals surface area contributed by atoms with E-state index in [0.29, 0.717) is 17.9 Å². The lowest BCUT2D eigenvalue weighted by atomic mass is 10.2. The van der Waals surface area contributed by atoms with Crippen LogP contribution < -0.4 is 10.1 Å². The van der Waals surface area contributed by atoms with E-state index in [1.54, 1.807) is 18.9 Å². The SMILES string of the molecule is CCCN(C(=O)c1cc2ccc(OC)cc2[nH]1)C(C)C(=O)Nc1ccccc1. The van der Waals surface area contributed by atoms with Crippen LogP contribution in [-0.2, 0) is 4.79 Å². The van der Waals surface area contributed by atoms with E-state index in [1.807, 2.05) is 61.5 Å². The Balaban J connectivity index is 1.82. The molecular weight excluding hydrogens is 354 g/mol. The van der Waals surface area contributed by atoms with Crippen LogP contribution in [0.1, 0.15) is 30.8 Å². The number of carbonyl (C=O) groups is 2. The minimum Gasteiger partial charge on any atom is -0.497 e. The Morgan fingerprint density at radius 3 is 2.57 bits per heavy atom. The molecular formula is C22H25N3O3. The summed E-state index contributed by atoms with van der Waals surface area (Å²) in [6.07, 6.45) is 0.753. The third-order valence-corrected chi connectivity index (χ3v) is 4.67. The van der Waals surface area contributed by atoms with Gasteiger partial charge in [0, 0.05) is 29.2 Å². The van der Waals surface area contributed by atoms with Gasteiger partial charge in [-0.05, 0) is 43.7 Å². The molecule has 3 aromatic rings. The molecule has 6 heteroatoms. The summed E-state index contributed by atoms with van der Waals surface area (Å²) in [6, 6.07) is 16.0. The molecule has 0 aliphatic rings. The number of benzene rings is 2. The molecule has 1 heterocycles. The van der Waals surface area contributed by atoms with Crippen molar-refractivity contribution >= 4 is 28.4 Å². The van der Waals surface area contributed by atoms with Crippen LogP contribution in [0.25, 0.3) is 10.9 Å². The Kier molecular flexibility index (Phi) is 5.99. The summed E-state index contributed by atoms with van der Waals surface area (Å²) in [5.41, 5.74) is 1.98. The second-order valence-corrected chi connectivity index (χ2v) is 6.67. The molecule has 0 bridgehead atoms. The van der Waals surface area contributed by atoms with Gasteiger partial charge < -0.3 is 19.9 Å². The summed E-state index contributed by atoms with van der Waals surface area (Å²) in [5, 5.41) is 3.79. The fourth-order valence-corrected chi connectivity index (χ4v) is 3.12. The van der Waals surface area contributed by atoms with Crippen molar-refractivity contribution in [2.24, 2.45) is 0 Å². The van der Waals surface area contributed by atoms with E-state index in [0.717, 1.165) is 23.1 Å². The zero-order valence-corrected chi connectivity index (χ0v) is 16.4. The van der Waals surface area contributed by atoms with Crippen molar-refractivity contribution < 1.29 is 14.3 Å². The third kappa shape index (κ3) is 4.17. The van der Waals surface area contributed by atoms with Crippen LogP contribution in [-0.4, -0.2) is 41.4 Å². The maximum atomic E-state index is 13.1. The van der Waals surface area contributed by atoms with Crippen molar-refractivity contribution in [1.29, 1.82) is 0 Å². The van der Waals surface area contributed by atoms with Gasteiger partial charge in [-0.15, -0.1) is 0 Å². The van der Waals surface area contributed by atoms with Gasteiger partial charge in [-0.1, -0.05) is 25.1 Å².